The summed E-state index contributed by atoms with van der Waals surface area (Å²) < 4.78 is 5.77. The molecule has 1 amide bonds. The lowest BCUT2D eigenvalue weighted by Crippen LogP contribution is -2.43. The average molecular weight is 386 g/mol. The molecule has 1 N–H and O–H groups in total. The minimum atomic E-state index is -0.214. The maximum atomic E-state index is 13.3. The van der Waals surface area contributed by atoms with E-state index in [0.29, 0.717) is 6.54 Å². The van der Waals surface area contributed by atoms with Crippen LogP contribution in [-0.4, -0.2) is 23.5 Å². The van der Waals surface area contributed by atoms with E-state index in [0.717, 1.165) is 29.0 Å². The zero-order chi connectivity index (χ0) is 20.2. The fourth-order valence-electron chi connectivity index (χ4n) is 3.68. The number of rotatable bonds is 6. The van der Waals surface area contributed by atoms with E-state index in [4.69, 9.17) is 4.74 Å². The SMILES string of the molecule is CC(C)Oc1ccc(C2Nc3ccccc3C(=O)N2CCc2ccccc2)cc1. The highest BCUT2D eigenvalue weighted by molar-refractivity contribution is 6.01. The molecule has 1 unspecified atom stereocenters. The lowest BCUT2D eigenvalue weighted by atomic mass is 10.0. The Kier molecular flexibility index (Phi) is 5.52. The van der Waals surface area contributed by atoms with Gasteiger partial charge in [-0.05, 0) is 55.7 Å². The predicted octanol–water partition coefficient (Wildman–Crippen LogP) is 5.28. The van der Waals surface area contributed by atoms with Crippen LogP contribution in [0.2, 0.25) is 0 Å². The molecule has 0 fully saturated rings. The highest BCUT2D eigenvalue weighted by Gasteiger charge is 2.32. The Labute approximate surface area is 172 Å². The van der Waals surface area contributed by atoms with Crippen LogP contribution in [0.1, 0.15) is 41.5 Å². The van der Waals surface area contributed by atoms with Gasteiger partial charge >= 0.3 is 0 Å². The molecule has 3 aromatic rings. The van der Waals surface area contributed by atoms with Crippen molar-refractivity contribution in [1.29, 1.82) is 0 Å². The molecule has 0 radical (unpaired) electrons. The van der Waals surface area contributed by atoms with Crippen LogP contribution in [0, 0.1) is 0 Å². The number of benzene rings is 3. The second-order valence-electron chi connectivity index (χ2n) is 7.56. The van der Waals surface area contributed by atoms with Gasteiger partial charge in [0.05, 0.1) is 11.7 Å². The molecule has 1 aliphatic rings. The van der Waals surface area contributed by atoms with E-state index in [9.17, 15) is 4.79 Å². The minimum absolute atomic E-state index is 0.0581. The number of ether oxygens (including phenoxy) is 1. The number of amides is 1. The fraction of sp³-hybridized carbons (Fsp3) is 0.240. The summed E-state index contributed by atoms with van der Waals surface area (Å²) in [5.74, 6) is 0.893. The summed E-state index contributed by atoms with van der Waals surface area (Å²) in [6.07, 6.45) is 0.722. The summed E-state index contributed by atoms with van der Waals surface area (Å²) in [6, 6.07) is 26.0. The van der Waals surface area contributed by atoms with Crippen LogP contribution in [0.15, 0.2) is 78.9 Å². The summed E-state index contributed by atoms with van der Waals surface area (Å²) in [6.45, 7) is 4.66. The summed E-state index contributed by atoms with van der Waals surface area (Å²) in [5.41, 5.74) is 3.85. The van der Waals surface area contributed by atoms with Gasteiger partial charge in [0.15, 0.2) is 0 Å². The molecule has 0 aliphatic carbocycles. The number of nitrogens with one attached hydrogen (secondary N) is 1. The van der Waals surface area contributed by atoms with E-state index in [1.165, 1.54) is 5.56 Å². The Balaban J connectivity index is 1.62. The van der Waals surface area contributed by atoms with Crippen molar-refractivity contribution >= 4 is 11.6 Å². The minimum Gasteiger partial charge on any atom is -0.491 e. The van der Waals surface area contributed by atoms with E-state index in [1.807, 2.05) is 85.5 Å². The molecule has 0 bridgehead atoms. The van der Waals surface area contributed by atoms with Crippen LogP contribution in [0.5, 0.6) is 5.75 Å². The van der Waals surface area contributed by atoms with E-state index >= 15 is 0 Å². The molecule has 4 rings (SSSR count). The number of anilines is 1. The summed E-state index contributed by atoms with van der Waals surface area (Å²) in [4.78, 5) is 15.2. The molecule has 0 saturated heterocycles. The number of hydrogen-bond acceptors (Lipinski definition) is 3. The van der Waals surface area contributed by atoms with Crippen molar-refractivity contribution < 1.29 is 9.53 Å². The van der Waals surface area contributed by atoms with Gasteiger partial charge in [0.1, 0.15) is 11.9 Å². The van der Waals surface area contributed by atoms with Gasteiger partial charge in [0.25, 0.3) is 5.91 Å². The Hall–Kier alpha value is -3.27. The molecule has 29 heavy (non-hydrogen) atoms. The number of carbonyl (C=O) groups is 1. The Morgan fingerprint density at radius 3 is 2.34 bits per heavy atom. The molecule has 0 spiro atoms. The maximum absolute atomic E-state index is 13.3. The van der Waals surface area contributed by atoms with Crippen LogP contribution in [0.3, 0.4) is 0 Å². The van der Waals surface area contributed by atoms with Crippen molar-refractivity contribution in [3.05, 3.63) is 95.6 Å². The molecular formula is C25H26N2O2. The van der Waals surface area contributed by atoms with Crippen LogP contribution in [0.25, 0.3) is 0 Å². The smallest absolute Gasteiger partial charge is 0.257 e. The maximum Gasteiger partial charge on any atom is 0.257 e. The van der Waals surface area contributed by atoms with Crippen LogP contribution < -0.4 is 10.1 Å². The third-order valence-corrected chi connectivity index (χ3v) is 5.07. The average Bonchev–Trinajstić information content (AvgIpc) is 2.74. The number of para-hydroxylation sites is 1. The van der Waals surface area contributed by atoms with Gasteiger partial charge in [-0.3, -0.25) is 4.79 Å². The van der Waals surface area contributed by atoms with E-state index in [2.05, 4.69) is 17.4 Å². The number of hydrogen-bond donors (Lipinski definition) is 1. The molecule has 1 atom stereocenters. The summed E-state index contributed by atoms with van der Waals surface area (Å²) in [5, 5.41) is 3.55. The number of nitrogens with zero attached hydrogens (tertiary/aromatic N) is 1. The standard InChI is InChI=1S/C25H26N2O2/c1-18(2)29-21-14-12-20(13-15-21)24-26-23-11-7-6-10-22(23)25(28)27(24)17-16-19-8-4-3-5-9-19/h3-15,18,24,26H,16-17H2,1-2H3. The van der Waals surface area contributed by atoms with E-state index in [-0.39, 0.29) is 18.2 Å². The van der Waals surface area contributed by atoms with E-state index < -0.39 is 0 Å². The van der Waals surface area contributed by atoms with Crippen LogP contribution >= 0.6 is 0 Å². The molecule has 4 nitrogen and oxygen atoms in total. The summed E-state index contributed by atoms with van der Waals surface area (Å²) in [7, 11) is 0. The first-order valence-electron chi connectivity index (χ1n) is 10.1. The van der Waals surface area contributed by atoms with Crippen molar-refractivity contribution in [3.63, 3.8) is 0 Å². The molecule has 0 saturated carbocycles. The fourth-order valence-corrected chi connectivity index (χ4v) is 3.68. The molecule has 3 aromatic carbocycles. The van der Waals surface area contributed by atoms with Crippen molar-refractivity contribution in [2.75, 3.05) is 11.9 Å². The number of fused-ring (bicyclic) bond motifs is 1. The van der Waals surface area contributed by atoms with E-state index in [1.54, 1.807) is 0 Å². The van der Waals surface area contributed by atoms with Gasteiger partial charge < -0.3 is 15.0 Å². The molecule has 0 aromatic heterocycles. The summed E-state index contributed by atoms with van der Waals surface area (Å²) >= 11 is 0. The van der Waals surface area contributed by atoms with Crippen molar-refractivity contribution in [3.8, 4) is 5.75 Å². The first-order valence-corrected chi connectivity index (χ1v) is 10.1. The zero-order valence-corrected chi connectivity index (χ0v) is 16.8. The quantitative estimate of drug-likeness (QED) is 0.626. The van der Waals surface area contributed by atoms with Gasteiger partial charge in [-0.25, -0.2) is 0 Å². The first-order chi connectivity index (χ1) is 14.1. The number of carbonyl (C=O) groups excluding carboxylic acids is 1. The van der Waals surface area contributed by atoms with Crippen LogP contribution in [0.4, 0.5) is 5.69 Å². The van der Waals surface area contributed by atoms with Crippen molar-refractivity contribution in [1.82, 2.24) is 4.90 Å². The molecule has 1 heterocycles. The highest BCUT2D eigenvalue weighted by Crippen LogP contribution is 2.33. The third-order valence-electron chi connectivity index (χ3n) is 5.07. The largest absolute Gasteiger partial charge is 0.491 e. The second kappa shape index (κ2) is 8.39. The lowest BCUT2D eigenvalue weighted by molar-refractivity contribution is 0.0685. The molecule has 1 aliphatic heterocycles. The van der Waals surface area contributed by atoms with Gasteiger partial charge in [-0.2, -0.15) is 0 Å². The normalized spacial score (nSPS) is 15.8. The van der Waals surface area contributed by atoms with Crippen molar-refractivity contribution in [2.24, 2.45) is 0 Å². The Bertz CT molecular complexity index is 968. The third kappa shape index (κ3) is 4.27. The second-order valence-corrected chi connectivity index (χ2v) is 7.56. The van der Waals surface area contributed by atoms with Gasteiger partial charge in [0.2, 0.25) is 0 Å². The van der Waals surface area contributed by atoms with Gasteiger partial charge in [0, 0.05) is 12.2 Å². The Morgan fingerprint density at radius 1 is 0.931 bits per heavy atom. The lowest BCUT2D eigenvalue weighted by Gasteiger charge is -2.38. The monoisotopic (exact) mass is 386 g/mol. The van der Waals surface area contributed by atoms with Gasteiger partial charge in [-0.15, -0.1) is 0 Å². The zero-order valence-electron chi connectivity index (χ0n) is 16.8. The highest BCUT2D eigenvalue weighted by atomic mass is 16.5. The predicted molar refractivity (Wildman–Crippen MR) is 116 cm³/mol. The first kappa shape index (κ1) is 19.1. The van der Waals surface area contributed by atoms with Gasteiger partial charge in [-0.1, -0.05) is 54.6 Å². The van der Waals surface area contributed by atoms with Crippen molar-refractivity contribution in [2.45, 2.75) is 32.5 Å². The molecule has 4 heteroatoms. The van der Waals surface area contributed by atoms with Crippen LogP contribution in [-0.2, 0) is 6.42 Å². The molecular weight excluding hydrogens is 360 g/mol. The molecule has 148 valence electrons. The topological polar surface area (TPSA) is 41.6 Å². The Morgan fingerprint density at radius 2 is 1.62 bits per heavy atom.